The first-order chi connectivity index (χ1) is 7.39. The van der Waals surface area contributed by atoms with Crippen molar-refractivity contribution < 1.29 is 31.8 Å². The molecule has 1 rings (SSSR count). The molecule has 0 aliphatic carbocycles. The van der Waals surface area contributed by atoms with Crippen LogP contribution in [0.15, 0.2) is 18.3 Å². The summed E-state index contributed by atoms with van der Waals surface area (Å²) < 4.78 is 27.6. The molecule has 0 unspecified atom stereocenters. The van der Waals surface area contributed by atoms with Crippen LogP contribution in [0.3, 0.4) is 0 Å². The molecule has 0 fully saturated rings. The van der Waals surface area contributed by atoms with Crippen molar-refractivity contribution in [2.24, 2.45) is 0 Å². The van der Waals surface area contributed by atoms with Crippen molar-refractivity contribution >= 4 is 18.5 Å². The van der Waals surface area contributed by atoms with Crippen molar-refractivity contribution in [3.05, 3.63) is 29.6 Å². The van der Waals surface area contributed by atoms with Crippen molar-refractivity contribution in [1.29, 1.82) is 0 Å². The van der Waals surface area contributed by atoms with Crippen molar-refractivity contribution in [2.45, 2.75) is 33.6 Å². The van der Waals surface area contributed by atoms with Gasteiger partial charge >= 0.3 is 0 Å². The quantitative estimate of drug-likeness (QED) is 0.517. The summed E-state index contributed by atoms with van der Waals surface area (Å²) in [6, 6.07) is 4.15. The Morgan fingerprint density at radius 1 is 1.10 bits per heavy atom. The molecule has 4 nitrogen and oxygen atoms in total. The van der Waals surface area contributed by atoms with Crippen LogP contribution in [0.5, 0.6) is 0 Å². The maximum Gasteiger partial charge on any atom is 0.264 e. The molecule has 1 N–H and O–H groups in total. The molecule has 10 heteroatoms. The molecule has 21 heavy (non-hydrogen) atoms. The van der Waals surface area contributed by atoms with Crippen molar-refractivity contribution in [1.82, 2.24) is 4.98 Å². The Kier molecular flexibility index (Phi) is 33.0. The third-order valence-corrected chi connectivity index (χ3v) is 2.77. The zero-order valence-electron chi connectivity index (χ0n) is 11.6. The van der Waals surface area contributed by atoms with Gasteiger partial charge in [0.05, 0.1) is 14.2 Å². The van der Waals surface area contributed by atoms with E-state index in [2.05, 4.69) is 18.0 Å². The lowest BCUT2D eigenvalue weighted by Gasteiger charge is -1.93. The third kappa shape index (κ3) is 24.3. The second-order valence-electron chi connectivity index (χ2n) is 3.45. The van der Waals surface area contributed by atoms with Gasteiger partial charge in [-0.25, -0.2) is 0 Å². The molecule has 0 saturated heterocycles. The van der Waals surface area contributed by atoms with Gasteiger partial charge in [0.2, 0.25) is 0 Å². The molecule has 0 radical (unpaired) electrons. The number of hydrogen-bond donors (Lipinski definition) is 1. The largest absolute Gasteiger partial charge is 0.286 e. The molecule has 0 aliphatic rings. The minimum atomic E-state index is -3.67. The van der Waals surface area contributed by atoms with Gasteiger partial charge in [-0.1, -0.05) is 19.9 Å². The number of aromatic nitrogens is 1. The first kappa shape index (κ1) is 36.8. The Hall–Kier alpha value is -1.16. The highest BCUT2D eigenvalue weighted by Gasteiger charge is 1.98. The van der Waals surface area contributed by atoms with Crippen LogP contribution in [-0.2, 0) is 16.5 Å². The molecule has 0 bridgehead atoms. The monoisotopic (exact) mass is 339 g/mol. The fourth-order valence-electron chi connectivity index (χ4n) is 0.966. The summed E-state index contributed by atoms with van der Waals surface area (Å²) in [5.41, 5.74) is 2.40. The van der Waals surface area contributed by atoms with Crippen LogP contribution in [0.2, 0.25) is 0 Å². The third-order valence-electron chi connectivity index (χ3n) is 1.84. The van der Waals surface area contributed by atoms with E-state index in [1.54, 1.807) is 6.92 Å². The highest BCUT2D eigenvalue weighted by atomic mass is 32.2. The van der Waals surface area contributed by atoms with Gasteiger partial charge in [0, 0.05) is 11.9 Å². The van der Waals surface area contributed by atoms with Gasteiger partial charge in [-0.15, -0.1) is 0 Å². The van der Waals surface area contributed by atoms with Crippen LogP contribution >= 0.6 is 0 Å². The predicted molar refractivity (Wildman–Crippen MR) is 85.0 cm³/mol. The number of halogens is 4. The van der Waals surface area contributed by atoms with E-state index in [-0.39, 0.29) is 33.0 Å². The molecule has 0 saturated carbocycles. The Labute approximate surface area is 125 Å². The lowest BCUT2D eigenvalue weighted by Crippen LogP contribution is -2.01. The zero-order valence-corrected chi connectivity index (χ0v) is 12.4. The number of nitrogens with zero attached hydrogens (tertiary/aromatic N) is 1. The molecular formula is C11H26BF4NO3S. The Morgan fingerprint density at radius 3 is 1.76 bits per heavy atom. The second-order valence-corrected chi connectivity index (χ2v) is 5.02. The summed E-state index contributed by atoms with van der Waals surface area (Å²) in [5, 5.41) is 0. The first-order valence-electron chi connectivity index (χ1n) is 5.25. The van der Waals surface area contributed by atoms with Gasteiger partial charge in [-0.3, -0.25) is 28.4 Å². The lowest BCUT2D eigenvalue weighted by atomic mass is 10.2. The van der Waals surface area contributed by atoms with Crippen LogP contribution in [-0.4, -0.2) is 32.1 Å². The smallest absolute Gasteiger partial charge is 0.264 e. The molecule has 1 heterocycles. The average Bonchev–Trinajstić information content (AvgIpc) is 2.18. The number of pyridine rings is 1. The fourth-order valence-corrected chi connectivity index (χ4v) is 1.48. The summed E-state index contributed by atoms with van der Waals surface area (Å²) in [4.78, 5) is 4.15. The summed E-state index contributed by atoms with van der Waals surface area (Å²) in [6.07, 6.45) is 3.47. The van der Waals surface area contributed by atoms with Crippen molar-refractivity contribution in [2.75, 3.05) is 5.75 Å². The van der Waals surface area contributed by atoms with Crippen LogP contribution in [0, 0.1) is 6.92 Å². The Bertz CT molecular complexity index is 404. The summed E-state index contributed by atoms with van der Waals surface area (Å²) >= 11 is 0. The molecular weight excluding hydrogens is 313 g/mol. The summed E-state index contributed by atoms with van der Waals surface area (Å²) in [7, 11) is -3.67. The van der Waals surface area contributed by atoms with Gasteiger partial charge in [-0.05, 0) is 31.4 Å². The summed E-state index contributed by atoms with van der Waals surface area (Å²) in [5.74, 6) is -0.132. The van der Waals surface area contributed by atoms with Gasteiger partial charge in [-0.2, -0.15) is 8.42 Å². The Balaban J connectivity index is -0.0000000442. The highest BCUT2D eigenvalue weighted by molar-refractivity contribution is 7.85. The van der Waals surface area contributed by atoms with E-state index in [1.807, 2.05) is 19.2 Å². The van der Waals surface area contributed by atoms with E-state index in [0.717, 1.165) is 12.1 Å². The van der Waals surface area contributed by atoms with Crippen LogP contribution in [0.1, 0.15) is 31.5 Å². The number of aryl methyl sites for hydroxylation is 2. The summed E-state index contributed by atoms with van der Waals surface area (Å²) in [6.45, 7) is 5.82. The van der Waals surface area contributed by atoms with E-state index in [1.165, 1.54) is 5.56 Å². The van der Waals surface area contributed by atoms with Crippen LogP contribution in [0.4, 0.5) is 18.8 Å². The van der Waals surface area contributed by atoms with Gasteiger partial charge in [0.1, 0.15) is 0 Å². The normalized spacial score (nSPS) is 8.00. The second kappa shape index (κ2) is 18.8. The topological polar surface area (TPSA) is 67.3 Å². The molecule has 0 aliphatic heterocycles. The van der Waals surface area contributed by atoms with Gasteiger partial charge in [0.25, 0.3) is 10.1 Å². The van der Waals surface area contributed by atoms with E-state index < -0.39 is 10.1 Å². The number of hydrogen-bond acceptors (Lipinski definition) is 3. The number of rotatable bonds is 3. The fraction of sp³-hybridized carbons (Fsp3) is 0.545. The van der Waals surface area contributed by atoms with E-state index in [9.17, 15) is 8.42 Å². The minimum absolute atomic E-state index is 0. The van der Waals surface area contributed by atoms with Gasteiger partial charge in [0.15, 0.2) is 0 Å². The first-order valence-corrected chi connectivity index (χ1v) is 6.86. The van der Waals surface area contributed by atoms with E-state index in [4.69, 9.17) is 4.55 Å². The standard InChI is InChI=1S/C8H11N.C3H8O3S.BH3.4FH/c1-3-8-5-4-7(2)9-6-8;1-2-3-7(4,5)6;;;;;/h4-6H,3H2,1-2H3;2-3H2,1H3,(H,4,5,6);1H3;4*1H. The molecule has 0 atom stereocenters. The van der Waals surface area contributed by atoms with Crippen LogP contribution in [0.25, 0.3) is 0 Å². The van der Waals surface area contributed by atoms with Crippen molar-refractivity contribution in [3.63, 3.8) is 0 Å². The van der Waals surface area contributed by atoms with E-state index in [0.29, 0.717) is 6.42 Å². The van der Waals surface area contributed by atoms with E-state index >= 15 is 0 Å². The molecule has 130 valence electrons. The maximum absolute atomic E-state index is 9.79. The van der Waals surface area contributed by atoms with Gasteiger partial charge < -0.3 is 0 Å². The lowest BCUT2D eigenvalue weighted by molar-refractivity contribution is 0.482. The molecule has 0 aromatic carbocycles. The molecule has 1 aromatic rings. The predicted octanol–water partition coefficient (Wildman–Crippen LogP) is 1.66. The highest BCUT2D eigenvalue weighted by Crippen LogP contribution is 1.98. The minimum Gasteiger partial charge on any atom is -0.286 e. The van der Waals surface area contributed by atoms with Crippen LogP contribution < -0.4 is 0 Å². The molecule has 0 amide bonds. The maximum atomic E-state index is 9.79. The Morgan fingerprint density at radius 2 is 1.57 bits per heavy atom. The van der Waals surface area contributed by atoms with Crippen molar-refractivity contribution in [3.8, 4) is 0 Å². The molecule has 0 spiro atoms. The zero-order chi connectivity index (χ0) is 12.6. The SMILES string of the molecule is B.CCCS(=O)(=O)O.CCc1ccc(C)nc1.F.F.F.F. The molecule has 1 aromatic heterocycles. The average molecular weight is 339 g/mol.